The highest BCUT2D eigenvalue weighted by atomic mass is 32.2. The van der Waals surface area contributed by atoms with Gasteiger partial charge in [-0.3, -0.25) is 4.90 Å². The Labute approximate surface area is 133 Å². The number of benzene rings is 1. The molecule has 0 bridgehead atoms. The van der Waals surface area contributed by atoms with E-state index < -0.39 is 0 Å². The lowest BCUT2D eigenvalue weighted by atomic mass is 10.1. The Morgan fingerprint density at radius 3 is 3.05 bits per heavy atom. The normalized spacial score (nSPS) is 17.2. The van der Waals surface area contributed by atoms with Crippen LogP contribution in [0.4, 0.5) is 4.39 Å². The van der Waals surface area contributed by atoms with Crippen molar-refractivity contribution < 1.29 is 4.39 Å². The van der Waals surface area contributed by atoms with Crippen LogP contribution in [0, 0.1) is 5.82 Å². The summed E-state index contributed by atoms with van der Waals surface area (Å²) < 4.78 is 15.4. The molecule has 0 radical (unpaired) electrons. The zero-order valence-corrected chi connectivity index (χ0v) is 14.0. The van der Waals surface area contributed by atoms with Crippen LogP contribution in [0.15, 0.2) is 18.2 Å². The fourth-order valence-electron chi connectivity index (χ4n) is 2.87. The number of thioether (sulfide) groups is 1. The average molecular weight is 324 g/mol. The van der Waals surface area contributed by atoms with Crippen molar-refractivity contribution >= 4 is 33.2 Å². The van der Waals surface area contributed by atoms with Crippen LogP contribution in [0.25, 0.3) is 10.1 Å². The largest absolute Gasteiger partial charge is 0.315 e. The number of thiophene rings is 1. The zero-order chi connectivity index (χ0) is 14.7. The molecule has 5 heteroatoms. The Balaban J connectivity index is 1.96. The summed E-state index contributed by atoms with van der Waals surface area (Å²) in [6.07, 6.45) is 1.23. The van der Waals surface area contributed by atoms with Gasteiger partial charge in [0.05, 0.1) is 0 Å². The van der Waals surface area contributed by atoms with Gasteiger partial charge in [0.2, 0.25) is 0 Å². The predicted octanol–water partition coefficient (Wildman–Crippen LogP) is 3.70. The van der Waals surface area contributed by atoms with E-state index >= 15 is 0 Å². The van der Waals surface area contributed by atoms with Gasteiger partial charge in [0.1, 0.15) is 5.82 Å². The van der Waals surface area contributed by atoms with Crippen molar-refractivity contribution in [1.82, 2.24) is 10.2 Å². The zero-order valence-electron chi connectivity index (χ0n) is 12.3. The Morgan fingerprint density at radius 1 is 1.29 bits per heavy atom. The molecule has 1 fully saturated rings. The molecule has 0 spiro atoms. The molecule has 0 amide bonds. The molecule has 2 aromatic rings. The number of hydrogen-bond donors (Lipinski definition) is 1. The lowest BCUT2D eigenvalue weighted by Crippen LogP contribution is -2.26. The number of nitrogens with zero attached hydrogens (tertiary/aromatic N) is 1. The molecule has 0 atom stereocenters. The molecule has 1 aliphatic heterocycles. The van der Waals surface area contributed by atoms with Crippen LogP contribution in [-0.2, 0) is 13.1 Å². The summed E-state index contributed by atoms with van der Waals surface area (Å²) in [5.41, 5.74) is 1.19. The van der Waals surface area contributed by atoms with Gasteiger partial charge in [0, 0.05) is 40.4 Å². The molecule has 1 N–H and O–H groups in total. The molecule has 21 heavy (non-hydrogen) atoms. The molecule has 3 rings (SSSR count). The van der Waals surface area contributed by atoms with Crippen LogP contribution in [-0.4, -0.2) is 36.5 Å². The minimum absolute atomic E-state index is 0.0784. The van der Waals surface area contributed by atoms with Crippen LogP contribution in [0.5, 0.6) is 0 Å². The summed E-state index contributed by atoms with van der Waals surface area (Å²) in [6, 6.07) is 5.42. The topological polar surface area (TPSA) is 15.3 Å². The Morgan fingerprint density at radius 2 is 2.19 bits per heavy atom. The monoisotopic (exact) mass is 324 g/mol. The fraction of sp³-hybridized carbons (Fsp3) is 0.500. The second-order valence-electron chi connectivity index (χ2n) is 5.39. The quantitative estimate of drug-likeness (QED) is 0.923. The smallest absolute Gasteiger partial charge is 0.132 e. The third kappa shape index (κ3) is 3.42. The highest BCUT2D eigenvalue weighted by molar-refractivity contribution is 7.99. The van der Waals surface area contributed by atoms with E-state index in [1.165, 1.54) is 28.4 Å². The number of rotatable bonds is 4. The first kappa shape index (κ1) is 15.3. The van der Waals surface area contributed by atoms with Gasteiger partial charge < -0.3 is 5.32 Å². The standard InChI is InChI=1S/C16H21FN2S2/c1-18-10-15-12(11-19-6-3-8-20-9-7-19)16-13(17)4-2-5-14(16)21-15/h2,4-5,18H,3,6-11H2,1H3. The first-order chi connectivity index (χ1) is 10.3. The van der Waals surface area contributed by atoms with Gasteiger partial charge in [-0.15, -0.1) is 11.3 Å². The SMILES string of the molecule is CNCc1sc2cccc(F)c2c1CN1CCCSCC1. The van der Waals surface area contributed by atoms with Crippen molar-refractivity contribution in [2.24, 2.45) is 0 Å². The number of halogens is 1. The molecule has 0 saturated carbocycles. The van der Waals surface area contributed by atoms with E-state index in [0.717, 1.165) is 36.3 Å². The molecular formula is C16H21FN2S2. The van der Waals surface area contributed by atoms with E-state index in [1.54, 1.807) is 17.4 Å². The molecule has 2 heterocycles. The molecule has 0 unspecified atom stereocenters. The molecule has 1 aromatic heterocycles. The molecular weight excluding hydrogens is 303 g/mol. The van der Waals surface area contributed by atoms with Gasteiger partial charge in [-0.25, -0.2) is 4.39 Å². The van der Waals surface area contributed by atoms with E-state index in [4.69, 9.17) is 0 Å². The molecule has 0 aliphatic carbocycles. The van der Waals surface area contributed by atoms with E-state index in [1.807, 2.05) is 30.9 Å². The number of fused-ring (bicyclic) bond motifs is 1. The summed E-state index contributed by atoms with van der Waals surface area (Å²) in [5, 5.41) is 4.06. The maximum atomic E-state index is 14.3. The maximum absolute atomic E-state index is 14.3. The first-order valence-electron chi connectivity index (χ1n) is 7.43. The summed E-state index contributed by atoms with van der Waals surface area (Å²) in [4.78, 5) is 3.75. The van der Waals surface area contributed by atoms with Crippen LogP contribution < -0.4 is 5.32 Å². The van der Waals surface area contributed by atoms with Gasteiger partial charge in [0.25, 0.3) is 0 Å². The van der Waals surface area contributed by atoms with Crippen LogP contribution in [0.3, 0.4) is 0 Å². The summed E-state index contributed by atoms with van der Waals surface area (Å²) in [7, 11) is 1.95. The third-order valence-electron chi connectivity index (χ3n) is 3.88. The van der Waals surface area contributed by atoms with Gasteiger partial charge in [-0.05, 0) is 43.5 Å². The predicted molar refractivity (Wildman–Crippen MR) is 91.8 cm³/mol. The minimum Gasteiger partial charge on any atom is -0.315 e. The Bertz CT molecular complexity index is 604. The molecule has 2 nitrogen and oxygen atoms in total. The van der Waals surface area contributed by atoms with Crippen molar-refractivity contribution in [3.8, 4) is 0 Å². The highest BCUT2D eigenvalue weighted by Gasteiger charge is 2.18. The van der Waals surface area contributed by atoms with Crippen molar-refractivity contribution in [3.63, 3.8) is 0 Å². The molecule has 1 aromatic carbocycles. The second-order valence-corrected chi connectivity index (χ2v) is 7.75. The van der Waals surface area contributed by atoms with E-state index in [-0.39, 0.29) is 5.82 Å². The Hall–Kier alpha value is -0.620. The van der Waals surface area contributed by atoms with Crippen molar-refractivity contribution in [3.05, 3.63) is 34.5 Å². The first-order valence-corrected chi connectivity index (χ1v) is 9.40. The summed E-state index contributed by atoms with van der Waals surface area (Å²) >= 11 is 3.75. The minimum atomic E-state index is -0.0784. The Kier molecular flexibility index (Phi) is 5.16. The number of nitrogens with one attached hydrogen (secondary N) is 1. The van der Waals surface area contributed by atoms with Gasteiger partial charge in [-0.1, -0.05) is 6.07 Å². The van der Waals surface area contributed by atoms with E-state index in [0.29, 0.717) is 0 Å². The summed E-state index contributed by atoms with van der Waals surface area (Å²) in [6.45, 7) is 3.92. The fourth-order valence-corrected chi connectivity index (χ4v) is 5.03. The maximum Gasteiger partial charge on any atom is 0.132 e. The molecule has 1 saturated heterocycles. The van der Waals surface area contributed by atoms with Crippen LogP contribution >= 0.6 is 23.1 Å². The second kappa shape index (κ2) is 7.09. The highest BCUT2D eigenvalue weighted by Crippen LogP contribution is 2.34. The lowest BCUT2D eigenvalue weighted by molar-refractivity contribution is 0.288. The third-order valence-corrected chi connectivity index (χ3v) is 6.13. The van der Waals surface area contributed by atoms with Crippen molar-refractivity contribution in [2.75, 3.05) is 31.6 Å². The van der Waals surface area contributed by atoms with Gasteiger partial charge in [0.15, 0.2) is 0 Å². The van der Waals surface area contributed by atoms with Crippen LogP contribution in [0.2, 0.25) is 0 Å². The van der Waals surface area contributed by atoms with E-state index in [2.05, 4.69) is 10.2 Å². The number of hydrogen-bond acceptors (Lipinski definition) is 4. The van der Waals surface area contributed by atoms with Crippen LogP contribution in [0.1, 0.15) is 16.9 Å². The van der Waals surface area contributed by atoms with Gasteiger partial charge >= 0.3 is 0 Å². The summed E-state index contributed by atoms with van der Waals surface area (Å²) in [5.74, 6) is 2.36. The molecule has 114 valence electrons. The lowest BCUT2D eigenvalue weighted by Gasteiger charge is -2.20. The van der Waals surface area contributed by atoms with Gasteiger partial charge in [-0.2, -0.15) is 11.8 Å². The van der Waals surface area contributed by atoms with Crippen molar-refractivity contribution in [2.45, 2.75) is 19.5 Å². The van der Waals surface area contributed by atoms with E-state index in [9.17, 15) is 4.39 Å². The van der Waals surface area contributed by atoms with Crippen molar-refractivity contribution in [1.29, 1.82) is 0 Å². The molecule has 1 aliphatic rings. The average Bonchev–Trinajstić information content (AvgIpc) is 2.65.